The summed E-state index contributed by atoms with van der Waals surface area (Å²) in [5.41, 5.74) is 3.97. The van der Waals surface area contributed by atoms with Crippen molar-refractivity contribution in [2.75, 3.05) is 13.7 Å². The van der Waals surface area contributed by atoms with Crippen LogP contribution in [0.15, 0.2) is 41.2 Å². The van der Waals surface area contributed by atoms with Crippen LogP contribution in [0.5, 0.6) is 11.5 Å². The average Bonchev–Trinajstić information content (AvgIpc) is 2.50. The van der Waals surface area contributed by atoms with Gasteiger partial charge in [-0.05, 0) is 55.2 Å². The summed E-state index contributed by atoms with van der Waals surface area (Å²) in [6.45, 7) is 0.977. The molecule has 1 unspecified atom stereocenters. The van der Waals surface area contributed by atoms with Crippen molar-refractivity contribution >= 4 is 0 Å². The van der Waals surface area contributed by atoms with Crippen LogP contribution in [-0.4, -0.2) is 29.9 Å². The number of rotatable bonds is 3. The van der Waals surface area contributed by atoms with Crippen LogP contribution in [0.4, 0.5) is 0 Å². The van der Waals surface area contributed by atoms with Gasteiger partial charge in [-0.15, -0.1) is 0 Å². The molecule has 1 atom stereocenters. The summed E-state index contributed by atoms with van der Waals surface area (Å²) in [4.78, 5) is 0. The van der Waals surface area contributed by atoms with E-state index in [-0.39, 0.29) is 11.5 Å². The molecule has 112 valence electrons. The second kappa shape index (κ2) is 5.82. The van der Waals surface area contributed by atoms with Crippen molar-refractivity contribution in [3.05, 3.63) is 46.7 Å². The molecule has 0 spiro atoms. The van der Waals surface area contributed by atoms with E-state index in [2.05, 4.69) is 11.4 Å². The molecule has 0 fully saturated rings. The summed E-state index contributed by atoms with van der Waals surface area (Å²) in [5.74, 6) is 0.944. The molecule has 0 saturated heterocycles. The molecule has 0 bridgehead atoms. The lowest BCUT2D eigenvalue weighted by Gasteiger charge is -2.32. The SMILES string of the molecule is COC1=CCC2=C(CCNC2Cc2ccc(O)c(O)c2)C1. The minimum Gasteiger partial charge on any atom is -0.504 e. The molecule has 0 saturated carbocycles. The zero-order chi connectivity index (χ0) is 14.8. The first-order valence-corrected chi connectivity index (χ1v) is 7.35. The molecule has 0 amide bonds. The first-order chi connectivity index (χ1) is 10.2. The molecule has 21 heavy (non-hydrogen) atoms. The van der Waals surface area contributed by atoms with Gasteiger partial charge in [0.25, 0.3) is 0 Å². The summed E-state index contributed by atoms with van der Waals surface area (Å²) in [6.07, 6.45) is 5.91. The molecule has 1 aliphatic heterocycles. The highest BCUT2D eigenvalue weighted by atomic mass is 16.5. The normalized spacial score (nSPS) is 21.8. The number of aromatic hydroxyl groups is 2. The van der Waals surface area contributed by atoms with Gasteiger partial charge < -0.3 is 20.3 Å². The Morgan fingerprint density at radius 2 is 2.14 bits per heavy atom. The van der Waals surface area contributed by atoms with Crippen LogP contribution in [0.2, 0.25) is 0 Å². The Morgan fingerprint density at radius 3 is 2.90 bits per heavy atom. The lowest BCUT2D eigenvalue weighted by Crippen LogP contribution is -2.39. The maximum absolute atomic E-state index is 9.62. The Balaban J connectivity index is 1.78. The van der Waals surface area contributed by atoms with Gasteiger partial charge in [0.2, 0.25) is 0 Å². The van der Waals surface area contributed by atoms with Gasteiger partial charge in [-0.3, -0.25) is 0 Å². The second-order valence-corrected chi connectivity index (χ2v) is 5.67. The number of ether oxygens (including phenoxy) is 1. The third kappa shape index (κ3) is 2.90. The first-order valence-electron chi connectivity index (χ1n) is 7.35. The topological polar surface area (TPSA) is 61.7 Å². The number of phenolic OH excluding ortho intramolecular Hbond substituents is 2. The van der Waals surface area contributed by atoms with Crippen molar-refractivity contribution < 1.29 is 14.9 Å². The van der Waals surface area contributed by atoms with Crippen LogP contribution >= 0.6 is 0 Å². The van der Waals surface area contributed by atoms with E-state index in [1.54, 1.807) is 19.2 Å². The van der Waals surface area contributed by atoms with Gasteiger partial charge in [0, 0.05) is 12.5 Å². The summed E-state index contributed by atoms with van der Waals surface area (Å²) in [6, 6.07) is 5.36. The molecule has 1 aromatic carbocycles. The molecular weight excluding hydrogens is 266 g/mol. The molecule has 1 heterocycles. The van der Waals surface area contributed by atoms with Crippen LogP contribution < -0.4 is 5.32 Å². The largest absolute Gasteiger partial charge is 0.504 e. The zero-order valence-electron chi connectivity index (χ0n) is 12.2. The number of benzene rings is 1. The van der Waals surface area contributed by atoms with Crippen LogP contribution in [0.1, 0.15) is 24.8 Å². The highest BCUT2D eigenvalue weighted by molar-refractivity contribution is 5.42. The molecule has 1 aliphatic carbocycles. The predicted molar refractivity (Wildman–Crippen MR) is 81.2 cm³/mol. The van der Waals surface area contributed by atoms with E-state index in [1.165, 1.54) is 11.1 Å². The molecule has 4 nitrogen and oxygen atoms in total. The minimum absolute atomic E-state index is 0.0530. The molecule has 2 aliphatic rings. The van der Waals surface area contributed by atoms with Gasteiger partial charge in [-0.1, -0.05) is 11.6 Å². The van der Waals surface area contributed by atoms with E-state index in [4.69, 9.17) is 4.74 Å². The van der Waals surface area contributed by atoms with Gasteiger partial charge in [0.05, 0.1) is 12.9 Å². The Morgan fingerprint density at radius 1 is 1.29 bits per heavy atom. The number of methoxy groups -OCH3 is 1. The maximum atomic E-state index is 9.62. The van der Waals surface area contributed by atoms with Crippen LogP contribution in [0.3, 0.4) is 0 Å². The molecule has 3 N–H and O–H groups in total. The van der Waals surface area contributed by atoms with Crippen molar-refractivity contribution in [2.24, 2.45) is 0 Å². The first kappa shape index (κ1) is 14.0. The van der Waals surface area contributed by atoms with Gasteiger partial charge in [0.1, 0.15) is 0 Å². The summed E-state index contributed by atoms with van der Waals surface area (Å²) in [7, 11) is 1.73. The van der Waals surface area contributed by atoms with E-state index in [1.807, 2.05) is 6.07 Å². The van der Waals surface area contributed by atoms with E-state index < -0.39 is 0 Å². The fourth-order valence-electron chi connectivity index (χ4n) is 3.20. The molecule has 3 rings (SSSR count). The lowest BCUT2D eigenvalue weighted by molar-refractivity contribution is 0.276. The Kier molecular flexibility index (Phi) is 3.88. The van der Waals surface area contributed by atoms with Crippen LogP contribution in [0.25, 0.3) is 0 Å². The third-order valence-corrected chi connectivity index (χ3v) is 4.37. The number of nitrogens with one attached hydrogen (secondary N) is 1. The number of phenols is 2. The standard InChI is InChI=1S/C17H21NO3/c1-21-13-3-4-14-12(10-13)6-7-18-15(14)8-11-2-5-16(19)17(20)9-11/h2-3,5,9,15,18-20H,4,6-8,10H2,1H3. The number of hydrogen-bond donors (Lipinski definition) is 3. The summed E-state index contributed by atoms with van der Waals surface area (Å²) >= 11 is 0. The van der Waals surface area contributed by atoms with Gasteiger partial charge in [-0.25, -0.2) is 0 Å². The van der Waals surface area contributed by atoms with Gasteiger partial charge in [-0.2, -0.15) is 0 Å². The van der Waals surface area contributed by atoms with Crippen molar-refractivity contribution in [1.82, 2.24) is 5.32 Å². The van der Waals surface area contributed by atoms with Crippen molar-refractivity contribution in [2.45, 2.75) is 31.7 Å². The van der Waals surface area contributed by atoms with E-state index in [0.29, 0.717) is 6.04 Å². The quantitative estimate of drug-likeness (QED) is 0.591. The lowest BCUT2D eigenvalue weighted by atomic mass is 9.83. The Hall–Kier alpha value is -1.94. The van der Waals surface area contributed by atoms with Crippen molar-refractivity contribution in [1.29, 1.82) is 0 Å². The van der Waals surface area contributed by atoms with E-state index >= 15 is 0 Å². The molecular formula is C17H21NO3. The Bertz CT molecular complexity index is 604. The highest BCUT2D eigenvalue weighted by Gasteiger charge is 2.25. The summed E-state index contributed by atoms with van der Waals surface area (Å²) in [5, 5.41) is 22.6. The number of hydrogen-bond acceptors (Lipinski definition) is 4. The molecule has 4 heteroatoms. The van der Waals surface area contributed by atoms with Crippen molar-refractivity contribution in [3.8, 4) is 11.5 Å². The van der Waals surface area contributed by atoms with Gasteiger partial charge in [0.15, 0.2) is 11.5 Å². The zero-order valence-corrected chi connectivity index (χ0v) is 12.2. The molecule has 0 radical (unpaired) electrons. The van der Waals surface area contributed by atoms with E-state index in [0.717, 1.165) is 43.6 Å². The molecule has 1 aromatic rings. The maximum Gasteiger partial charge on any atom is 0.157 e. The summed E-state index contributed by atoms with van der Waals surface area (Å²) < 4.78 is 5.37. The average molecular weight is 287 g/mol. The van der Waals surface area contributed by atoms with Crippen LogP contribution in [0, 0.1) is 0 Å². The highest BCUT2D eigenvalue weighted by Crippen LogP contribution is 2.33. The second-order valence-electron chi connectivity index (χ2n) is 5.67. The fourth-order valence-corrected chi connectivity index (χ4v) is 3.20. The van der Waals surface area contributed by atoms with Crippen molar-refractivity contribution in [3.63, 3.8) is 0 Å². The van der Waals surface area contributed by atoms with Crippen LogP contribution in [-0.2, 0) is 11.2 Å². The monoisotopic (exact) mass is 287 g/mol. The van der Waals surface area contributed by atoms with E-state index in [9.17, 15) is 10.2 Å². The third-order valence-electron chi connectivity index (χ3n) is 4.37. The van der Waals surface area contributed by atoms with Gasteiger partial charge >= 0.3 is 0 Å². The fraction of sp³-hybridized carbons (Fsp3) is 0.412. The molecule has 0 aromatic heterocycles. The smallest absolute Gasteiger partial charge is 0.157 e. The predicted octanol–water partition coefficient (Wildman–Crippen LogP) is 2.62. The Labute approximate surface area is 124 Å². The number of allylic oxidation sites excluding steroid dienone is 2. The minimum atomic E-state index is -0.0689.